The molecule has 9 heteroatoms. The van der Waals surface area contributed by atoms with Gasteiger partial charge in [-0.05, 0) is 126 Å². The van der Waals surface area contributed by atoms with Crippen molar-refractivity contribution < 1.29 is 29.3 Å². The summed E-state index contributed by atoms with van der Waals surface area (Å²) in [5.41, 5.74) is 1.97. The second-order valence-electron chi connectivity index (χ2n) is 21.0. The molecule has 304 valence electrons. The van der Waals surface area contributed by atoms with Gasteiger partial charge in [0.1, 0.15) is 6.10 Å². The Hall–Kier alpha value is -1.93. The van der Waals surface area contributed by atoms with E-state index < -0.39 is 28.8 Å². The highest BCUT2D eigenvalue weighted by atomic mass is 35.5. The summed E-state index contributed by atoms with van der Waals surface area (Å²) in [6.07, 6.45) is 7.71. The highest BCUT2D eigenvalue weighted by molar-refractivity contribution is 6.42. The number of halogens is 2. The lowest BCUT2D eigenvalue weighted by atomic mass is 9.33. The van der Waals surface area contributed by atoms with Gasteiger partial charge in [-0.1, -0.05) is 97.2 Å². The second-order valence-corrected chi connectivity index (χ2v) is 21.8. The molecular weight excluding hydrogens is 733 g/mol. The zero-order valence-corrected chi connectivity index (χ0v) is 36.1. The molecule has 5 saturated carbocycles. The van der Waals surface area contributed by atoms with Crippen molar-refractivity contribution in [2.24, 2.45) is 68.0 Å². The molecule has 0 saturated heterocycles. The maximum Gasteiger partial charge on any atom is 0.309 e. The Balaban J connectivity index is 1.12. The topological polar surface area (TPSA) is 113 Å². The Morgan fingerprint density at radius 2 is 1.58 bits per heavy atom. The minimum Gasteiger partial charge on any atom is -0.481 e. The Labute approximate surface area is 339 Å². The quantitative estimate of drug-likeness (QED) is 0.213. The van der Waals surface area contributed by atoms with E-state index in [1.54, 1.807) is 6.07 Å². The molecule has 0 aliphatic heterocycles. The van der Waals surface area contributed by atoms with Crippen molar-refractivity contribution in [3.63, 3.8) is 0 Å². The monoisotopic (exact) mass is 797 g/mol. The summed E-state index contributed by atoms with van der Waals surface area (Å²) in [7, 11) is 0. The summed E-state index contributed by atoms with van der Waals surface area (Å²) in [6, 6.07) is 5.60. The first kappa shape index (κ1) is 41.2. The fourth-order valence-electron chi connectivity index (χ4n) is 14.4. The molecule has 3 N–H and O–H groups in total. The SMILES string of the molecule is CC(C)C1=C2[C@H]3CC[C@@H]4[C@@]5(C)CC[C@H](OC(=O)[C@H]6C[C@@H](C(=O)O)C6(C)C)C(C)(C)[C@@H]5CC[C@@]4(C)[C@]3(C)CC[C@@]2([C@@H](O)CNCc2ccc(Cl)c(Cl)c2)CC1=O. The van der Waals surface area contributed by atoms with Gasteiger partial charge in [-0.2, -0.15) is 0 Å². The smallest absolute Gasteiger partial charge is 0.309 e. The molecule has 6 aliphatic rings. The number of hydrogen-bond acceptors (Lipinski definition) is 6. The molecule has 7 rings (SSSR count). The molecule has 1 aromatic rings. The number of benzene rings is 1. The first-order chi connectivity index (χ1) is 25.6. The van der Waals surface area contributed by atoms with Crippen LogP contribution in [0.1, 0.15) is 132 Å². The molecule has 1 aromatic carbocycles. The van der Waals surface area contributed by atoms with Crippen LogP contribution < -0.4 is 5.32 Å². The number of Topliss-reactive ketones (excluding diaryl/α,β-unsaturated/α-hetero) is 1. The Bertz CT molecular complexity index is 1790. The van der Waals surface area contributed by atoms with Gasteiger partial charge >= 0.3 is 11.9 Å². The van der Waals surface area contributed by atoms with Crippen molar-refractivity contribution in [1.29, 1.82) is 0 Å². The molecule has 11 atom stereocenters. The van der Waals surface area contributed by atoms with E-state index in [9.17, 15) is 24.6 Å². The standard InChI is InChI=1S/C46H65Cl2NO6/c1-25(2)37-32(50)22-46(35(51)24-49-23-26-10-12-30(47)31(48)20-26)19-18-44(8)27(38(37)46)11-13-34-43(7)16-15-36(42(5,6)33(43)14-17-45(34,44)9)55-40(54)29-21-28(39(52)53)41(29,3)4/h10,12,20,25,27-29,33-36,49,51H,11,13-19,21-24H2,1-9H3,(H,52,53)/t27-,28+,29-,33+,34-,35+,36+,43+,44-,45-,46+/m1/s1. The molecule has 0 heterocycles. The normalized spacial score (nSPS) is 40.7. The average Bonchev–Trinajstić information content (AvgIpc) is 3.40. The van der Waals surface area contributed by atoms with Crippen LogP contribution in [0.5, 0.6) is 0 Å². The van der Waals surface area contributed by atoms with Gasteiger partial charge in [0.15, 0.2) is 5.78 Å². The third kappa shape index (κ3) is 6.04. The third-order valence-corrected chi connectivity index (χ3v) is 18.6. The van der Waals surface area contributed by atoms with E-state index >= 15 is 0 Å². The van der Waals surface area contributed by atoms with E-state index in [-0.39, 0.29) is 57.3 Å². The third-order valence-electron chi connectivity index (χ3n) is 17.8. The van der Waals surface area contributed by atoms with Crippen LogP contribution in [0, 0.1) is 68.0 Å². The number of carboxylic acids is 1. The van der Waals surface area contributed by atoms with Gasteiger partial charge in [0.05, 0.1) is 28.0 Å². The van der Waals surface area contributed by atoms with Crippen LogP contribution in [-0.2, 0) is 25.7 Å². The lowest BCUT2D eigenvalue weighted by molar-refractivity contribution is -0.238. The summed E-state index contributed by atoms with van der Waals surface area (Å²) in [5.74, 6) is -0.525. The van der Waals surface area contributed by atoms with Crippen LogP contribution in [0.25, 0.3) is 0 Å². The summed E-state index contributed by atoms with van der Waals surface area (Å²) < 4.78 is 6.41. The molecule has 0 radical (unpaired) electrons. The molecular formula is C46H65Cl2NO6. The molecule has 0 unspecified atom stereocenters. The maximum absolute atomic E-state index is 14.1. The summed E-state index contributed by atoms with van der Waals surface area (Å²) >= 11 is 12.4. The van der Waals surface area contributed by atoms with Crippen LogP contribution in [0.3, 0.4) is 0 Å². The fraction of sp³-hybridized carbons (Fsp3) is 0.761. The molecule has 5 fully saturated rings. The van der Waals surface area contributed by atoms with Gasteiger partial charge < -0.3 is 20.3 Å². The van der Waals surface area contributed by atoms with Crippen LogP contribution in [0.4, 0.5) is 0 Å². The van der Waals surface area contributed by atoms with E-state index in [1.807, 2.05) is 26.0 Å². The number of ketones is 1. The second kappa shape index (κ2) is 13.8. The Morgan fingerprint density at radius 1 is 0.873 bits per heavy atom. The predicted molar refractivity (Wildman–Crippen MR) is 216 cm³/mol. The zero-order valence-electron chi connectivity index (χ0n) is 34.6. The number of nitrogens with one attached hydrogen (secondary N) is 1. The Kier molecular flexibility index (Phi) is 10.4. The molecule has 55 heavy (non-hydrogen) atoms. The number of rotatable bonds is 9. The fourth-order valence-corrected chi connectivity index (χ4v) is 14.8. The number of aliphatic carboxylic acids is 1. The van der Waals surface area contributed by atoms with Gasteiger partial charge in [0, 0.05) is 30.3 Å². The van der Waals surface area contributed by atoms with Crippen molar-refractivity contribution in [1.82, 2.24) is 5.32 Å². The number of fused-ring (bicyclic) bond motifs is 7. The summed E-state index contributed by atoms with van der Waals surface area (Å²) in [5, 5.41) is 26.4. The van der Waals surface area contributed by atoms with Gasteiger partial charge in [-0.25, -0.2) is 0 Å². The molecule has 0 bridgehead atoms. The van der Waals surface area contributed by atoms with Gasteiger partial charge in [0.2, 0.25) is 0 Å². The lowest BCUT2D eigenvalue weighted by Crippen LogP contribution is -2.66. The highest BCUT2D eigenvalue weighted by Crippen LogP contribution is 2.77. The van der Waals surface area contributed by atoms with E-state index in [4.69, 9.17) is 27.9 Å². The molecule has 7 nitrogen and oxygen atoms in total. The van der Waals surface area contributed by atoms with Gasteiger partial charge in [-0.3, -0.25) is 14.4 Å². The largest absolute Gasteiger partial charge is 0.481 e. The van der Waals surface area contributed by atoms with E-state index in [1.165, 1.54) is 5.57 Å². The number of aliphatic hydroxyl groups excluding tert-OH is 1. The van der Waals surface area contributed by atoms with Gasteiger partial charge in [0.25, 0.3) is 0 Å². The van der Waals surface area contributed by atoms with Crippen molar-refractivity contribution in [2.45, 2.75) is 145 Å². The summed E-state index contributed by atoms with van der Waals surface area (Å²) in [4.78, 5) is 39.5. The maximum atomic E-state index is 14.1. The van der Waals surface area contributed by atoms with Gasteiger partial charge in [-0.15, -0.1) is 0 Å². The average molecular weight is 799 g/mol. The zero-order chi connectivity index (χ0) is 40.3. The van der Waals surface area contributed by atoms with Crippen LogP contribution >= 0.6 is 23.2 Å². The number of esters is 1. The van der Waals surface area contributed by atoms with Crippen molar-refractivity contribution >= 4 is 40.9 Å². The molecule has 0 amide bonds. The number of hydrogen-bond donors (Lipinski definition) is 3. The first-order valence-corrected chi connectivity index (χ1v) is 21.9. The minimum absolute atomic E-state index is 0.0232. The van der Waals surface area contributed by atoms with Crippen molar-refractivity contribution in [3.8, 4) is 0 Å². The highest BCUT2D eigenvalue weighted by Gasteiger charge is 2.71. The van der Waals surface area contributed by atoms with Crippen LogP contribution in [-0.4, -0.2) is 46.7 Å². The van der Waals surface area contributed by atoms with Crippen molar-refractivity contribution in [2.75, 3.05) is 6.54 Å². The van der Waals surface area contributed by atoms with E-state index in [0.29, 0.717) is 47.8 Å². The number of carbonyl (C=O) groups is 3. The predicted octanol–water partition coefficient (Wildman–Crippen LogP) is 10.1. The number of allylic oxidation sites excluding steroid dienone is 1. The van der Waals surface area contributed by atoms with E-state index in [2.05, 4.69) is 53.8 Å². The van der Waals surface area contributed by atoms with Crippen LogP contribution in [0.15, 0.2) is 29.3 Å². The molecule has 0 aromatic heterocycles. The van der Waals surface area contributed by atoms with Crippen molar-refractivity contribution in [3.05, 3.63) is 45.0 Å². The number of carbonyl (C=O) groups excluding carboxylic acids is 2. The number of ether oxygens (including phenoxy) is 1. The molecule has 6 aliphatic carbocycles. The summed E-state index contributed by atoms with van der Waals surface area (Å²) in [6.45, 7) is 21.3. The number of carboxylic acid groups (broad SMARTS) is 1. The lowest BCUT2D eigenvalue weighted by Gasteiger charge is -2.72. The Morgan fingerprint density at radius 3 is 2.22 bits per heavy atom. The minimum atomic E-state index is -0.832. The first-order valence-electron chi connectivity index (χ1n) is 21.1. The van der Waals surface area contributed by atoms with E-state index in [0.717, 1.165) is 62.5 Å². The molecule has 0 spiro atoms. The van der Waals surface area contributed by atoms with Crippen LogP contribution in [0.2, 0.25) is 10.0 Å². The number of aliphatic hydroxyl groups is 1.